The zero-order chi connectivity index (χ0) is 13.2. The van der Waals surface area contributed by atoms with Crippen LogP contribution in [0.5, 0.6) is 5.75 Å². The molecule has 2 N–H and O–H groups in total. The minimum atomic E-state index is -3.08. The maximum absolute atomic E-state index is 12.0. The Morgan fingerprint density at radius 2 is 1.88 bits per heavy atom. The molecule has 0 aliphatic rings. The predicted molar refractivity (Wildman–Crippen MR) is 55.7 cm³/mol. The van der Waals surface area contributed by atoms with Crippen LogP contribution in [0.25, 0.3) is 0 Å². The van der Waals surface area contributed by atoms with Gasteiger partial charge in [-0.05, 0) is 6.07 Å². The number of alkyl halides is 2. The lowest BCUT2D eigenvalue weighted by Gasteiger charge is -2.12. The number of hydrogen-bond donors (Lipinski definition) is 2. The number of carboxylic acid groups (broad SMARTS) is 1. The van der Waals surface area contributed by atoms with Gasteiger partial charge in [0.15, 0.2) is 6.10 Å². The van der Waals surface area contributed by atoms with Gasteiger partial charge in [0.05, 0.1) is 10.0 Å². The van der Waals surface area contributed by atoms with Crippen LogP contribution < -0.4 is 4.74 Å². The predicted octanol–water partition coefficient (Wildman–Crippen LogP) is 2.71. The lowest BCUT2D eigenvalue weighted by Crippen LogP contribution is -2.11. The van der Waals surface area contributed by atoms with Crippen LogP contribution in [-0.4, -0.2) is 22.8 Å². The fourth-order valence-corrected chi connectivity index (χ4v) is 1.55. The number of aliphatic carboxylic acids is 1. The molecule has 0 fully saturated rings. The summed E-state index contributed by atoms with van der Waals surface area (Å²) in [7, 11) is 0. The SMILES string of the molecule is O=C(O)[C@H](O)c1cc(Cl)c(OC(F)F)cc1Cl. The zero-order valence-electron chi connectivity index (χ0n) is 8.03. The van der Waals surface area contributed by atoms with Crippen molar-refractivity contribution in [3.8, 4) is 5.75 Å². The minimum absolute atomic E-state index is 0.203. The fourth-order valence-electron chi connectivity index (χ4n) is 1.07. The number of benzene rings is 1. The Morgan fingerprint density at radius 1 is 1.29 bits per heavy atom. The van der Waals surface area contributed by atoms with Gasteiger partial charge in [0.25, 0.3) is 0 Å². The van der Waals surface area contributed by atoms with Crippen molar-refractivity contribution in [2.24, 2.45) is 0 Å². The number of hydrogen-bond acceptors (Lipinski definition) is 3. The van der Waals surface area contributed by atoms with Crippen molar-refractivity contribution in [1.29, 1.82) is 0 Å². The topological polar surface area (TPSA) is 66.8 Å². The first-order chi connectivity index (χ1) is 7.82. The molecule has 0 heterocycles. The quantitative estimate of drug-likeness (QED) is 0.893. The van der Waals surface area contributed by atoms with Gasteiger partial charge in [0.2, 0.25) is 0 Å². The Morgan fingerprint density at radius 3 is 2.35 bits per heavy atom. The molecule has 1 aromatic carbocycles. The monoisotopic (exact) mass is 286 g/mol. The van der Waals surface area contributed by atoms with E-state index in [0.717, 1.165) is 12.1 Å². The summed E-state index contributed by atoms with van der Waals surface area (Å²) in [5.74, 6) is -1.93. The standard InChI is InChI=1S/C9H6Cl2F2O4/c10-4-2-6(17-9(12)13)5(11)1-3(4)7(14)8(15)16/h1-2,7,9,14H,(H,15,16)/t7-/m1/s1. The summed E-state index contributed by atoms with van der Waals surface area (Å²) >= 11 is 11.2. The molecule has 0 radical (unpaired) electrons. The number of halogens is 4. The summed E-state index contributed by atoms with van der Waals surface area (Å²) in [5.41, 5.74) is -0.203. The second-order valence-corrected chi connectivity index (χ2v) is 3.74. The van der Waals surface area contributed by atoms with Gasteiger partial charge < -0.3 is 14.9 Å². The third-order valence-electron chi connectivity index (χ3n) is 1.80. The molecule has 0 saturated heterocycles. The molecule has 94 valence electrons. The van der Waals surface area contributed by atoms with Gasteiger partial charge in [0, 0.05) is 11.6 Å². The van der Waals surface area contributed by atoms with Crippen molar-refractivity contribution < 1.29 is 28.5 Å². The van der Waals surface area contributed by atoms with E-state index in [0.29, 0.717) is 0 Å². The third-order valence-corrected chi connectivity index (χ3v) is 2.42. The van der Waals surface area contributed by atoms with Crippen LogP contribution in [0.4, 0.5) is 8.78 Å². The molecule has 0 saturated carbocycles. The summed E-state index contributed by atoms with van der Waals surface area (Å²) in [5, 5.41) is 17.3. The van der Waals surface area contributed by atoms with Crippen LogP contribution >= 0.6 is 23.2 Å². The lowest BCUT2D eigenvalue weighted by atomic mass is 10.1. The van der Waals surface area contributed by atoms with E-state index in [9.17, 15) is 18.7 Å². The van der Waals surface area contributed by atoms with Crippen LogP contribution in [0.2, 0.25) is 10.0 Å². The highest BCUT2D eigenvalue weighted by Crippen LogP contribution is 2.34. The molecule has 17 heavy (non-hydrogen) atoms. The average molecular weight is 287 g/mol. The molecule has 8 heteroatoms. The first-order valence-electron chi connectivity index (χ1n) is 4.17. The van der Waals surface area contributed by atoms with Gasteiger partial charge in [0.1, 0.15) is 5.75 Å². The first kappa shape index (κ1) is 14.0. The average Bonchev–Trinajstić information content (AvgIpc) is 2.21. The van der Waals surface area contributed by atoms with Gasteiger partial charge >= 0.3 is 12.6 Å². The lowest BCUT2D eigenvalue weighted by molar-refractivity contribution is -0.146. The number of carboxylic acids is 1. The van der Waals surface area contributed by atoms with Crippen LogP contribution in [0, 0.1) is 0 Å². The molecule has 0 aliphatic heterocycles. The molecule has 0 aliphatic carbocycles. The van der Waals surface area contributed by atoms with E-state index in [4.69, 9.17) is 28.3 Å². The summed E-state index contributed by atoms with van der Waals surface area (Å²) in [6.07, 6.45) is -1.89. The zero-order valence-corrected chi connectivity index (χ0v) is 9.54. The van der Waals surface area contributed by atoms with Gasteiger partial charge in [-0.15, -0.1) is 0 Å². The molecule has 1 rings (SSSR count). The molecule has 0 amide bonds. The van der Waals surface area contributed by atoms with E-state index >= 15 is 0 Å². The molecule has 0 aromatic heterocycles. The Hall–Kier alpha value is -1.11. The first-order valence-corrected chi connectivity index (χ1v) is 4.93. The van der Waals surface area contributed by atoms with Crippen molar-refractivity contribution in [3.63, 3.8) is 0 Å². The maximum Gasteiger partial charge on any atom is 0.387 e. The summed E-state index contributed by atoms with van der Waals surface area (Å²) in [6, 6.07) is 1.87. The highest BCUT2D eigenvalue weighted by Gasteiger charge is 2.22. The van der Waals surface area contributed by atoms with Crippen molar-refractivity contribution in [1.82, 2.24) is 0 Å². The molecule has 4 nitrogen and oxygen atoms in total. The number of aliphatic hydroxyl groups excluding tert-OH is 1. The number of ether oxygens (including phenoxy) is 1. The van der Waals surface area contributed by atoms with E-state index < -0.39 is 24.4 Å². The van der Waals surface area contributed by atoms with E-state index in [-0.39, 0.29) is 15.6 Å². The normalized spacial score (nSPS) is 12.6. The van der Waals surface area contributed by atoms with E-state index in [2.05, 4.69) is 4.74 Å². The van der Waals surface area contributed by atoms with Crippen LogP contribution in [0.15, 0.2) is 12.1 Å². The second-order valence-electron chi connectivity index (χ2n) is 2.92. The minimum Gasteiger partial charge on any atom is -0.479 e. The Balaban J connectivity index is 3.13. The number of rotatable bonds is 4. The molecule has 1 atom stereocenters. The Bertz CT molecular complexity index is 439. The van der Waals surface area contributed by atoms with Crippen molar-refractivity contribution in [2.75, 3.05) is 0 Å². The van der Waals surface area contributed by atoms with E-state index in [1.165, 1.54) is 0 Å². The summed E-state index contributed by atoms with van der Waals surface area (Å²) < 4.78 is 27.9. The van der Waals surface area contributed by atoms with Crippen LogP contribution in [-0.2, 0) is 4.79 Å². The van der Waals surface area contributed by atoms with Crippen LogP contribution in [0.3, 0.4) is 0 Å². The highest BCUT2D eigenvalue weighted by atomic mass is 35.5. The van der Waals surface area contributed by atoms with Gasteiger partial charge in [-0.25, -0.2) is 4.79 Å². The maximum atomic E-state index is 12.0. The number of carbonyl (C=O) groups is 1. The van der Waals surface area contributed by atoms with Crippen molar-refractivity contribution >= 4 is 29.2 Å². The third kappa shape index (κ3) is 3.42. The molecule has 1 aromatic rings. The van der Waals surface area contributed by atoms with E-state index in [1.54, 1.807) is 0 Å². The largest absolute Gasteiger partial charge is 0.479 e. The summed E-state index contributed by atoms with van der Waals surface area (Å²) in [6.45, 7) is -3.08. The fraction of sp³-hybridized carbons (Fsp3) is 0.222. The molecule has 0 bridgehead atoms. The van der Waals surface area contributed by atoms with E-state index in [1.807, 2.05) is 0 Å². The van der Waals surface area contributed by atoms with Crippen molar-refractivity contribution in [2.45, 2.75) is 12.7 Å². The summed E-state index contributed by atoms with van der Waals surface area (Å²) in [4.78, 5) is 10.5. The van der Waals surface area contributed by atoms with Crippen molar-refractivity contribution in [3.05, 3.63) is 27.7 Å². The molecular formula is C9H6Cl2F2O4. The van der Waals surface area contributed by atoms with Crippen LogP contribution in [0.1, 0.15) is 11.7 Å². The smallest absolute Gasteiger partial charge is 0.387 e. The molecule has 0 unspecified atom stereocenters. The Kier molecular flexibility index (Phi) is 4.50. The van der Waals surface area contributed by atoms with Gasteiger partial charge in [-0.3, -0.25) is 0 Å². The second kappa shape index (κ2) is 5.48. The molecule has 0 spiro atoms. The highest BCUT2D eigenvalue weighted by molar-refractivity contribution is 6.35. The van der Waals surface area contributed by atoms with Gasteiger partial charge in [-0.1, -0.05) is 23.2 Å². The number of aliphatic hydroxyl groups is 1. The molecular weight excluding hydrogens is 281 g/mol. The van der Waals surface area contributed by atoms with Gasteiger partial charge in [-0.2, -0.15) is 8.78 Å². The Labute approximate surface area is 104 Å².